The molecule has 5 atom stereocenters. The smallest absolute Gasteiger partial charge is 0.408 e. The highest BCUT2D eigenvalue weighted by atomic mass is 32.2. The van der Waals surface area contributed by atoms with E-state index in [1.807, 2.05) is 43.0 Å². The minimum Gasteiger partial charge on any atom is -0.496 e. The van der Waals surface area contributed by atoms with Crippen molar-refractivity contribution in [3.8, 4) is 22.9 Å². The first-order valence-electron chi connectivity index (χ1n) is 21.2. The Hall–Kier alpha value is -5.01. The lowest BCUT2D eigenvalue weighted by molar-refractivity contribution is -0.143. The highest BCUT2D eigenvalue weighted by Crippen LogP contribution is 2.46. The lowest BCUT2D eigenvalue weighted by atomic mass is 9.85. The molecule has 62 heavy (non-hydrogen) atoms. The van der Waals surface area contributed by atoms with E-state index in [4.69, 9.17) is 28.4 Å². The molecule has 0 bridgehead atoms. The van der Waals surface area contributed by atoms with Crippen LogP contribution < -0.4 is 30.1 Å². The van der Waals surface area contributed by atoms with Crippen LogP contribution in [0.1, 0.15) is 91.5 Å². The van der Waals surface area contributed by atoms with Crippen molar-refractivity contribution >= 4 is 61.5 Å². The summed E-state index contributed by atoms with van der Waals surface area (Å²) in [4.78, 5) is 67.5. The number of carbonyl (C=O) groups excluding carboxylic acids is 4. The number of pyridine rings is 1. The minimum atomic E-state index is -4.46. The molecule has 4 fully saturated rings. The second kappa shape index (κ2) is 17.6. The van der Waals surface area contributed by atoms with Gasteiger partial charge in [-0.1, -0.05) is 26.8 Å². The van der Waals surface area contributed by atoms with Gasteiger partial charge in [0.25, 0.3) is 5.91 Å². The maximum Gasteiger partial charge on any atom is 0.408 e. The van der Waals surface area contributed by atoms with Gasteiger partial charge in [-0.2, -0.15) is 8.42 Å². The Kier molecular flexibility index (Phi) is 12.8. The molecule has 19 heteroatoms. The van der Waals surface area contributed by atoms with Crippen LogP contribution in [0.4, 0.5) is 9.93 Å². The van der Waals surface area contributed by atoms with Gasteiger partial charge in [0.05, 0.1) is 31.0 Å². The van der Waals surface area contributed by atoms with Crippen molar-refractivity contribution in [2.45, 2.75) is 135 Å². The van der Waals surface area contributed by atoms with Crippen LogP contribution in [0.15, 0.2) is 36.2 Å². The predicted molar refractivity (Wildman–Crippen MR) is 233 cm³/mol. The highest BCUT2D eigenvalue weighted by molar-refractivity contribution is 7.85. The molecule has 2 unspecified atom stereocenters. The number of anilines is 1. The first kappa shape index (κ1) is 45.0. The molecule has 17 nitrogen and oxygen atoms in total. The first-order valence-corrected chi connectivity index (χ1v) is 23.4. The maximum atomic E-state index is 14.8. The topological polar surface area (TPSA) is 216 Å². The molecule has 3 aliphatic carbocycles. The summed E-state index contributed by atoms with van der Waals surface area (Å²) in [6, 6.07) is 3.26. The molecule has 4 N–H and O–H groups in total. The fourth-order valence-corrected chi connectivity index (χ4v) is 9.98. The number of nitrogens with one attached hydrogen (secondary N) is 4. The zero-order valence-electron chi connectivity index (χ0n) is 36.2. The molecular formula is C43H57N7O10S2. The zero-order chi connectivity index (χ0) is 44.7. The van der Waals surface area contributed by atoms with Gasteiger partial charge in [0.1, 0.15) is 47.0 Å². The van der Waals surface area contributed by atoms with Crippen molar-refractivity contribution in [2.24, 2.45) is 11.3 Å². The Morgan fingerprint density at radius 3 is 2.37 bits per heavy atom. The van der Waals surface area contributed by atoms with Gasteiger partial charge in [-0.15, -0.1) is 17.9 Å². The number of aryl methyl sites for hydroxylation is 1. The number of aromatic nitrogens is 2. The number of alkyl carbamates (subject to hydrolysis) is 1. The molecule has 7 rings (SSSR count). The maximum absolute atomic E-state index is 14.8. The van der Waals surface area contributed by atoms with Gasteiger partial charge in [0.2, 0.25) is 11.8 Å². The van der Waals surface area contributed by atoms with E-state index in [0.29, 0.717) is 46.6 Å². The van der Waals surface area contributed by atoms with Crippen molar-refractivity contribution in [1.29, 1.82) is 0 Å². The lowest BCUT2D eigenvalue weighted by Crippen LogP contribution is -2.60. The number of thiazole rings is 1. The van der Waals surface area contributed by atoms with Crippen LogP contribution in [0.3, 0.4) is 0 Å². The third-order valence-electron chi connectivity index (χ3n) is 11.7. The van der Waals surface area contributed by atoms with E-state index < -0.39 is 75.3 Å². The summed E-state index contributed by atoms with van der Waals surface area (Å²) in [7, 11) is -2.88. The molecule has 1 aliphatic heterocycles. The van der Waals surface area contributed by atoms with Gasteiger partial charge in [-0.05, 0) is 83.3 Å². The van der Waals surface area contributed by atoms with Gasteiger partial charge in [-0.3, -0.25) is 18.6 Å². The molecule has 3 saturated carbocycles. The highest BCUT2D eigenvalue weighted by Gasteiger charge is 2.62. The fraction of sp³-hybridized carbons (Fsp3) is 0.581. The van der Waals surface area contributed by atoms with Crippen molar-refractivity contribution in [3.05, 3.63) is 41.8 Å². The Labute approximate surface area is 366 Å². The van der Waals surface area contributed by atoms with E-state index >= 15 is 0 Å². The molecule has 1 aromatic carbocycles. The summed E-state index contributed by atoms with van der Waals surface area (Å²) in [5, 5.41) is 12.2. The molecule has 0 spiro atoms. The quantitative estimate of drug-likeness (QED) is 0.130. The second-order valence-corrected chi connectivity index (χ2v) is 20.2. The number of hydrogen-bond acceptors (Lipinski definition) is 14. The Morgan fingerprint density at radius 2 is 1.74 bits per heavy atom. The summed E-state index contributed by atoms with van der Waals surface area (Å²) in [6.45, 7) is 15.1. The van der Waals surface area contributed by atoms with E-state index in [1.165, 1.54) is 22.3 Å². The van der Waals surface area contributed by atoms with Crippen molar-refractivity contribution in [1.82, 2.24) is 30.2 Å². The second-order valence-electron chi connectivity index (χ2n) is 18.1. The predicted octanol–water partition coefficient (Wildman–Crippen LogP) is 5.53. The van der Waals surface area contributed by atoms with Crippen LogP contribution >= 0.6 is 11.3 Å². The van der Waals surface area contributed by atoms with Crippen LogP contribution in [0, 0.1) is 18.3 Å². The number of nitrogens with zero attached hydrogens (tertiary/aromatic N) is 3. The number of hydrogen-bond donors (Lipinski definition) is 4. The van der Waals surface area contributed by atoms with Gasteiger partial charge in [0.15, 0.2) is 5.13 Å². The van der Waals surface area contributed by atoms with Crippen LogP contribution in [-0.2, 0) is 33.6 Å². The van der Waals surface area contributed by atoms with Crippen molar-refractivity contribution in [3.63, 3.8) is 0 Å². The Morgan fingerprint density at radius 1 is 1.02 bits per heavy atom. The number of likely N-dealkylation sites (tertiary alicyclic amines) is 1. The molecule has 1 saturated heterocycles. The average molecular weight is 896 g/mol. The van der Waals surface area contributed by atoms with E-state index in [1.54, 1.807) is 33.9 Å². The largest absolute Gasteiger partial charge is 0.496 e. The molecular weight excluding hydrogens is 839 g/mol. The third kappa shape index (κ3) is 9.94. The Balaban J connectivity index is 1.22. The molecule has 3 heterocycles. The fourth-order valence-electron chi connectivity index (χ4n) is 8.12. The molecule has 2 aromatic heterocycles. The Bertz CT molecular complexity index is 2340. The normalized spacial score (nSPS) is 23.2. The zero-order valence-corrected chi connectivity index (χ0v) is 37.9. The number of carbonyl (C=O) groups is 4. The number of ether oxygens (including phenoxy) is 3. The third-order valence-corrected chi connectivity index (χ3v) is 13.4. The summed E-state index contributed by atoms with van der Waals surface area (Å²) >= 11 is 1.44. The van der Waals surface area contributed by atoms with Gasteiger partial charge < -0.3 is 35.1 Å². The molecule has 0 radical (unpaired) electrons. The van der Waals surface area contributed by atoms with E-state index in [-0.39, 0.29) is 31.5 Å². The SMILES string of the molecule is C=CC1C[C@]1(NC(=O)[C@@H]1CC(Oc2cc(-c3csc(NC(C)C)n3)nc3c(C)c(OC)ccc23)CN1C(=O)[C@@H](NC(=O)OC1CCCC1)C(C)(C)C)C(=O)NS(=O)(=O)OC1CC1. The first-order chi connectivity index (χ1) is 29.3. The number of benzene rings is 1. The van der Waals surface area contributed by atoms with Gasteiger partial charge in [0, 0.05) is 40.8 Å². The van der Waals surface area contributed by atoms with Crippen LogP contribution in [0.2, 0.25) is 0 Å². The van der Waals surface area contributed by atoms with E-state index in [9.17, 15) is 27.6 Å². The van der Waals surface area contributed by atoms with E-state index in [0.717, 1.165) is 36.4 Å². The lowest BCUT2D eigenvalue weighted by Gasteiger charge is -2.35. The van der Waals surface area contributed by atoms with Crippen LogP contribution in [0.5, 0.6) is 11.5 Å². The number of amides is 4. The standard InChI is InChI=1S/C43H57N7O10S2/c1-9-25-20-43(25,39(53)49-62(55,56)60-27-14-15-27)48-37(51)32-18-28(21-50(32)38(52)36(42(5,6)7)47-41(54)59-26-12-10-11-13-26)58-34-19-30(31-22-61-40(46-31)44-23(2)3)45-35-24(4)33(57-8)17-16-29(34)35/h9,16-17,19,22-23,25-28,32,36H,1,10-15,18,20-21H2,2-8H3,(H,44,46)(H,47,54)(H,48,51)(H,49,53)/t25?,28?,32-,36+,43+/m0/s1. The number of rotatable bonds is 16. The van der Waals surface area contributed by atoms with E-state index in [2.05, 4.69) is 22.5 Å². The number of methoxy groups -OCH3 is 1. The number of fused-ring (bicyclic) bond motifs is 1. The molecule has 3 aromatic rings. The molecule has 4 aliphatic rings. The summed E-state index contributed by atoms with van der Waals surface area (Å²) in [5.74, 6) is -1.79. The average Bonchev–Trinajstić information content (AvgIpc) is 3.90. The van der Waals surface area contributed by atoms with Crippen molar-refractivity contribution in [2.75, 3.05) is 19.0 Å². The van der Waals surface area contributed by atoms with Crippen LogP contribution in [-0.4, -0.2) is 103 Å². The van der Waals surface area contributed by atoms with Gasteiger partial charge >= 0.3 is 16.4 Å². The minimum absolute atomic E-state index is 0.0199. The summed E-state index contributed by atoms with van der Waals surface area (Å²) in [5.41, 5.74) is 0.0302. The van der Waals surface area contributed by atoms with Crippen molar-refractivity contribution < 1.29 is 46.0 Å². The summed E-state index contributed by atoms with van der Waals surface area (Å²) in [6.07, 6.45) is 3.73. The van der Waals surface area contributed by atoms with Gasteiger partial charge in [-0.25, -0.2) is 19.5 Å². The molecule has 336 valence electrons. The monoisotopic (exact) mass is 895 g/mol. The summed E-state index contributed by atoms with van der Waals surface area (Å²) < 4.78 is 50.5. The molecule has 4 amide bonds. The van der Waals surface area contributed by atoms with Crippen LogP contribution in [0.25, 0.3) is 22.3 Å².